The van der Waals surface area contributed by atoms with Gasteiger partial charge in [0.05, 0.1) is 14.1 Å². The minimum atomic E-state index is 1.11. The number of halogens is 1. The van der Waals surface area contributed by atoms with Gasteiger partial charge in [-0.2, -0.15) is 0 Å². The lowest BCUT2D eigenvalue weighted by Crippen LogP contribution is -3.04. The molecule has 0 aliphatic rings. The Labute approximate surface area is 166 Å². The third-order valence-corrected chi connectivity index (χ3v) is 4.95. The average molecular weight is 414 g/mol. The van der Waals surface area contributed by atoms with Gasteiger partial charge in [-0.25, -0.2) is 0 Å². The van der Waals surface area contributed by atoms with Gasteiger partial charge in [0.1, 0.15) is 6.54 Å². The average Bonchev–Trinajstić information content (AvgIpc) is 2.61. The third kappa shape index (κ3) is 19.8. The van der Waals surface area contributed by atoms with Crippen molar-refractivity contribution in [3.8, 4) is 0 Å². The monoisotopic (exact) mass is 412 g/mol. The number of hydrogen-bond donors (Lipinski definition) is 1. The topological polar surface area (TPSA) is 4.44 Å². The summed E-state index contributed by atoms with van der Waals surface area (Å²) in [5.41, 5.74) is 1.41. The van der Waals surface area contributed by atoms with E-state index in [4.69, 9.17) is 0 Å². The second kappa shape index (κ2) is 20.0. The Balaban J connectivity index is 0.000000496. The number of hydrogen-bond acceptors (Lipinski definition) is 0. The van der Waals surface area contributed by atoms with Crippen molar-refractivity contribution in [3.05, 3.63) is 35.9 Å². The Hall–Kier alpha value is -0.340. The van der Waals surface area contributed by atoms with Crippen LogP contribution in [0.3, 0.4) is 0 Å². The molecule has 0 saturated heterocycles. The first-order chi connectivity index (χ1) is 12.2. The highest BCUT2D eigenvalue weighted by Gasteiger charge is 1.94. The van der Waals surface area contributed by atoms with E-state index in [0.717, 1.165) is 6.54 Å². The highest BCUT2D eigenvalue weighted by atomic mass is 79.9. The van der Waals surface area contributed by atoms with Gasteiger partial charge in [-0.1, -0.05) is 124 Å². The van der Waals surface area contributed by atoms with Gasteiger partial charge in [0.15, 0.2) is 0 Å². The van der Waals surface area contributed by atoms with Crippen LogP contribution in [0.15, 0.2) is 30.3 Å². The van der Waals surface area contributed by atoms with Crippen LogP contribution in [-0.2, 0) is 6.54 Å². The van der Waals surface area contributed by atoms with Gasteiger partial charge in [-0.05, 0) is 6.42 Å². The molecule has 0 saturated carbocycles. The Bertz CT molecular complexity index is 338. The van der Waals surface area contributed by atoms with Crippen molar-refractivity contribution in [1.82, 2.24) is 0 Å². The molecule has 0 heterocycles. The van der Waals surface area contributed by atoms with Gasteiger partial charge in [-0.3, -0.25) is 0 Å². The van der Waals surface area contributed by atoms with Crippen molar-refractivity contribution in [2.45, 2.75) is 90.5 Å². The quantitative estimate of drug-likeness (QED) is 0.265. The Morgan fingerprint density at radius 3 is 1.52 bits per heavy atom. The summed E-state index contributed by atoms with van der Waals surface area (Å²) in [5, 5.41) is 1.18. The molecule has 0 atom stereocenters. The minimum Gasteiger partial charge on any atom is -0.336 e. The molecule has 0 bridgehead atoms. The standard InChI is InChI=1S/C14H29Br.C9H13N/c1-2-3-4-5-6-7-8-9-10-11-12-13-14-15;1-10(2)8-9-6-4-3-5-7-9/h2-14H2,1H3;3-7H,8H2,1-2H3/p+1. The molecule has 0 fully saturated rings. The summed E-state index contributed by atoms with van der Waals surface area (Å²) in [4.78, 5) is 1.46. The molecule has 1 aromatic carbocycles. The second-order valence-corrected chi connectivity index (χ2v) is 8.24. The van der Waals surface area contributed by atoms with Crippen molar-refractivity contribution < 1.29 is 4.90 Å². The smallest absolute Gasteiger partial charge is 0.102 e. The van der Waals surface area contributed by atoms with Crippen LogP contribution < -0.4 is 4.90 Å². The van der Waals surface area contributed by atoms with E-state index in [1.165, 1.54) is 92.8 Å². The van der Waals surface area contributed by atoms with E-state index in [9.17, 15) is 0 Å². The predicted octanol–water partition coefficient (Wildman–Crippen LogP) is 6.41. The Morgan fingerprint density at radius 1 is 0.680 bits per heavy atom. The molecule has 0 aromatic heterocycles. The van der Waals surface area contributed by atoms with Crippen LogP contribution in [0.1, 0.15) is 89.5 Å². The maximum atomic E-state index is 3.47. The summed E-state index contributed by atoms with van der Waals surface area (Å²) in [5.74, 6) is 0. The molecule has 146 valence electrons. The lowest BCUT2D eigenvalue weighted by molar-refractivity contribution is -0.872. The van der Waals surface area contributed by atoms with Crippen LogP contribution in [0.4, 0.5) is 0 Å². The fourth-order valence-corrected chi connectivity index (χ4v) is 3.34. The number of quaternary nitrogens is 1. The largest absolute Gasteiger partial charge is 0.336 e. The fraction of sp³-hybridized carbons (Fsp3) is 0.739. The van der Waals surface area contributed by atoms with E-state index < -0.39 is 0 Å². The zero-order chi connectivity index (χ0) is 18.6. The molecule has 1 rings (SSSR count). The number of unbranched alkanes of at least 4 members (excludes halogenated alkanes) is 11. The summed E-state index contributed by atoms with van der Waals surface area (Å²) in [7, 11) is 4.32. The van der Waals surface area contributed by atoms with Gasteiger partial charge >= 0.3 is 0 Å². The number of alkyl halides is 1. The van der Waals surface area contributed by atoms with E-state index in [1.807, 2.05) is 0 Å². The van der Waals surface area contributed by atoms with Crippen LogP contribution in [0.2, 0.25) is 0 Å². The summed E-state index contributed by atoms with van der Waals surface area (Å²) in [6.45, 7) is 3.40. The summed E-state index contributed by atoms with van der Waals surface area (Å²) in [6, 6.07) is 10.5. The summed E-state index contributed by atoms with van der Waals surface area (Å²) < 4.78 is 0. The van der Waals surface area contributed by atoms with E-state index >= 15 is 0 Å². The van der Waals surface area contributed by atoms with E-state index in [0.29, 0.717) is 0 Å². The van der Waals surface area contributed by atoms with Crippen LogP contribution in [0.5, 0.6) is 0 Å². The molecule has 1 aromatic rings. The van der Waals surface area contributed by atoms with Gasteiger partial charge in [0.2, 0.25) is 0 Å². The molecule has 0 spiro atoms. The summed E-state index contributed by atoms with van der Waals surface area (Å²) >= 11 is 3.47. The first-order valence-electron chi connectivity index (χ1n) is 10.6. The molecular formula is C23H43BrN+. The maximum absolute atomic E-state index is 3.47. The highest BCUT2D eigenvalue weighted by molar-refractivity contribution is 9.09. The zero-order valence-electron chi connectivity index (χ0n) is 17.2. The van der Waals surface area contributed by atoms with E-state index in [-0.39, 0.29) is 0 Å². The van der Waals surface area contributed by atoms with E-state index in [2.05, 4.69) is 67.3 Å². The van der Waals surface area contributed by atoms with Gasteiger partial charge < -0.3 is 4.90 Å². The molecule has 1 N–H and O–H groups in total. The molecule has 1 nitrogen and oxygen atoms in total. The second-order valence-electron chi connectivity index (χ2n) is 7.45. The molecule has 0 aliphatic carbocycles. The van der Waals surface area contributed by atoms with Gasteiger partial charge in [-0.15, -0.1) is 0 Å². The first-order valence-corrected chi connectivity index (χ1v) is 11.7. The highest BCUT2D eigenvalue weighted by Crippen LogP contribution is 2.12. The maximum Gasteiger partial charge on any atom is 0.102 e. The van der Waals surface area contributed by atoms with Crippen molar-refractivity contribution in [2.75, 3.05) is 19.4 Å². The zero-order valence-corrected chi connectivity index (χ0v) is 18.8. The molecule has 0 radical (unpaired) electrons. The molecule has 25 heavy (non-hydrogen) atoms. The molecule has 0 amide bonds. The van der Waals surface area contributed by atoms with Gasteiger partial charge in [0, 0.05) is 10.9 Å². The van der Waals surface area contributed by atoms with Gasteiger partial charge in [0.25, 0.3) is 0 Å². The van der Waals surface area contributed by atoms with Crippen LogP contribution in [0.25, 0.3) is 0 Å². The lowest BCUT2D eigenvalue weighted by Gasteiger charge is -2.05. The third-order valence-electron chi connectivity index (χ3n) is 4.39. The number of benzene rings is 1. The molecular weight excluding hydrogens is 370 g/mol. The minimum absolute atomic E-state index is 1.11. The fourth-order valence-electron chi connectivity index (χ4n) is 2.94. The van der Waals surface area contributed by atoms with Crippen LogP contribution >= 0.6 is 15.9 Å². The SMILES string of the molecule is CCCCCCCCCCCCCCBr.C[NH+](C)Cc1ccccc1. The number of rotatable bonds is 14. The Kier molecular flexibility index (Phi) is 19.7. The predicted molar refractivity (Wildman–Crippen MR) is 118 cm³/mol. The van der Waals surface area contributed by atoms with E-state index in [1.54, 1.807) is 0 Å². The van der Waals surface area contributed by atoms with Crippen LogP contribution in [-0.4, -0.2) is 19.4 Å². The van der Waals surface area contributed by atoms with Crippen LogP contribution in [0, 0.1) is 0 Å². The first kappa shape index (κ1) is 24.7. The molecule has 2 heteroatoms. The van der Waals surface area contributed by atoms with Crippen molar-refractivity contribution in [1.29, 1.82) is 0 Å². The lowest BCUT2D eigenvalue weighted by atomic mass is 10.1. The van der Waals surface area contributed by atoms with Crippen molar-refractivity contribution in [3.63, 3.8) is 0 Å². The molecule has 0 aliphatic heterocycles. The number of nitrogens with one attached hydrogen (secondary N) is 1. The normalized spacial score (nSPS) is 10.6. The van der Waals surface area contributed by atoms with Crippen molar-refractivity contribution >= 4 is 15.9 Å². The summed E-state index contributed by atoms with van der Waals surface area (Å²) in [6.07, 6.45) is 17.3. The Morgan fingerprint density at radius 2 is 1.12 bits per heavy atom. The molecule has 0 unspecified atom stereocenters. The van der Waals surface area contributed by atoms with Crippen molar-refractivity contribution in [2.24, 2.45) is 0 Å².